The second-order valence-electron chi connectivity index (χ2n) is 4.89. The molecule has 2 N–H and O–H groups in total. The highest BCUT2D eigenvalue weighted by molar-refractivity contribution is 5.83. The Bertz CT molecular complexity index is 500. The topological polar surface area (TPSA) is 26.0 Å². The van der Waals surface area contributed by atoms with Gasteiger partial charge in [-0.3, -0.25) is 0 Å². The summed E-state index contributed by atoms with van der Waals surface area (Å²) in [7, 11) is 0. The summed E-state index contributed by atoms with van der Waals surface area (Å²) in [5, 5.41) is 2.59. The number of rotatable bonds is 3. The van der Waals surface area contributed by atoms with E-state index in [-0.39, 0.29) is 6.04 Å². The molecule has 16 heavy (non-hydrogen) atoms. The highest BCUT2D eigenvalue weighted by Gasteiger charge is 2.24. The van der Waals surface area contributed by atoms with Gasteiger partial charge in [-0.2, -0.15) is 0 Å². The molecule has 1 atom stereocenters. The molecule has 1 heteroatoms. The van der Waals surface area contributed by atoms with Crippen LogP contribution in [0.2, 0.25) is 0 Å². The fraction of sp³-hybridized carbons (Fsp3) is 0.333. The highest BCUT2D eigenvalue weighted by atomic mass is 14.6. The maximum Gasteiger partial charge on any atom is 0.0297 e. The predicted octanol–water partition coefficient (Wildman–Crippen LogP) is 3.64. The van der Waals surface area contributed by atoms with E-state index in [2.05, 4.69) is 42.5 Å². The van der Waals surface area contributed by atoms with Gasteiger partial charge in [-0.25, -0.2) is 0 Å². The third-order valence-electron chi connectivity index (χ3n) is 3.49. The first-order valence-electron chi connectivity index (χ1n) is 6.07. The first kappa shape index (κ1) is 9.86. The monoisotopic (exact) mass is 211 g/mol. The number of hydrogen-bond donors (Lipinski definition) is 1. The van der Waals surface area contributed by atoms with Crippen molar-refractivity contribution < 1.29 is 0 Å². The lowest BCUT2D eigenvalue weighted by Crippen LogP contribution is -2.10. The Morgan fingerprint density at radius 3 is 2.56 bits per heavy atom. The summed E-state index contributed by atoms with van der Waals surface area (Å²) in [5.41, 5.74) is 7.51. The molecule has 1 nitrogen and oxygen atoms in total. The molecule has 0 bridgehead atoms. The second-order valence-corrected chi connectivity index (χ2v) is 4.89. The third-order valence-corrected chi connectivity index (χ3v) is 3.49. The van der Waals surface area contributed by atoms with E-state index in [0.717, 1.165) is 12.3 Å². The molecule has 2 aromatic rings. The van der Waals surface area contributed by atoms with E-state index >= 15 is 0 Å². The van der Waals surface area contributed by atoms with Gasteiger partial charge in [-0.1, -0.05) is 49.2 Å². The van der Waals surface area contributed by atoms with Crippen molar-refractivity contribution in [2.24, 2.45) is 11.7 Å². The van der Waals surface area contributed by atoms with Gasteiger partial charge in [-0.05, 0) is 34.7 Å². The minimum atomic E-state index is 0.220. The van der Waals surface area contributed by atoms with Crippen molar-refractivity contribution in [1.82, 2.24) is 0 Å². The van der Waals surface area contributed by atoms with Crippen molar-refractivity contribution >= 4 is 10.8 Å². The average Bonchev–Trinajstić information content (AvgIpc) is 3.12. The summed E-state index contributed by atoms with van der Waals surface area (Å²) >= 11 is 0. The lowest BCUT2D eigenvalue weighted by Gasteiger charge is -2.12. The maximum atomic E-state index is 6.23. The van der Waals surface area contributed by atoms with Crippen LogP contribution in [0.3, 0.4) is 0 Å². The molecule has 0 aliphatic heterocycles. The van der Waals surface area contributed by atoms with Crippen LogP contribution in [0.5, 0.6) is 0 Å². The lowest BCUT2D eigenvalue weighted by molar-refractivity contribution is 0.597. The van der Waals surface area contributed by atoms with Crippen LogP contribution in [0.15, 0.2) is 42.5 Å². The zero-order valence-electron chi connectivity index (χ0n) is 9.39. The molecule has 0 amide bonds. The smallest absolute Gasteiger partial charge is 0.0297 e. The fourth-order valence-corrected chi connectivity index (χ4v) is 2.29. The number of benzene rings is 2. The predicted molar refractivity (Wildman–Crippen MR) is 68.2 cm³/mol. The van der Waals surface area contributed by atoms with E-state index in [0.29, 0.717) is 0 Å². The normalized spacial score (nSPS) is 17.6. The Labute approximate surface area is 96.3 Å². The van der Waals surface area contributed by atoms with E-state index in [1.807, 2.05) is 0 Å². The number of fused-ring (bicyclic) bond motifs is 1. The summed E-state index contributed by atoms with van der Waals surface area (Å²) in [4.78, 5) is 0. The van der Waals surface area contributed by atoms with Crippen LogP contribution in [-0.4, -0.2) is 0 Å². The maximum absolute atomic E-state index is 6.23. The molecular formula is C15H17N. The van der Waals surface area contributed by atoms with Crippen LogP contribution >= 0.6 is 0 Å². The highest BCUT2D eigenvalue weighted by Crippen LogP contribution is 2.37. The SMILES string of the molecule is NC(CC1CC1)c1ccc2ccccc2c1. The zero-order valence-corrected chi connectivity index (χ0v) is 9.39. The third kappa shape index (κ3) is 1.96. The van der Waals surface area contributed by atoms with E-state index in [9.17, 15) is 0 Å². The van der Waals surface area contributed by atoms with Gasteiger partial charge in [0, 0.05) is 6.04 Å². The molecule has 1 saturated carbocycles. The zero-order chi connectivity index (χ0) is 11.0. The number of nitrogens with two attached hydrogens (primary N) is 1. The minimum Gasteiger partial charge on any atom is -0.324 e. The quantitative estimate of drug-likeness (QED) is 0.824. The molecular weight excluding hydrogens is 194 g/mol. The van der Waals surface area contributed by atoms with Gasteiger partial charge in [0.2, 0.25) is 0 Å². The molecule has 0 spiro atoms. The van der Waals surface area contributed by atoms with Gasteiger partial charge in [0.1, 0.15) is 0 Å². The molecule has 1 aliphatic carbocycles. The lowest BCUT2D eigenvalue weighted by atomic mass is 9.99. The summed E-state index contributed by atoms with van der Waals surface area (Å²) in [6.45, 7) is 0. The fourth-order valence-electron chi connectivity index (χ4n) is 2.29. The molecule has 1 fully saturated rings. The van der Waals surface area contributed by atoms with Crippen molar-refractivity contribution in [3.8, 4) is 0 Å². The van der Waals surface area contributed by atoms with Crippen molar-refractivity contribution in [2.75, 3.05) is 0 Å². The summed E-state index contributed by atoms with van der Waals surface area (Å²) in [5.74, 6) is 0.890. The Morgan fingerprint density at radius 2 is 1.81 bits per heavy atom. The van der Waals surface area contributed by atoms with E-state index < -0.39 is 0 Å². The van der Waals surface area contributed by atoms with Crippen LogP contribution in [0.1, 0.15) is 30.9 Å². The van der Waals surface area contributed by atoms with Crippen molar-refractivity contribution in [3.05, 3.63) is 48.0 Å². The van der Waals surface area contributed by atoms with E-state index in [1.54, 1.807) is 0 Å². The van der Waals surface area contributed by atoms with Gasteiger partial charge in [0.15, 0.2) is 0 Å². The van der Waals surface area contributed by atoms with Crippen LogP contribution < -0.4 is 5.73 Å². The van der Waals surface area contributed by atoms with Gasteiger partial charge >= 0.3 is 0 Å². The Hall–Kier alpha value is -1.34. The summed E-state index contributed by atoms with van der Waals surface area (Å²) in [6.07, 6.45) is 3.90. The van der Waals surface area contributed by atoms with Crippen LogP contribution in [0.25, 0.3) is 10.8 Å². The van der Waals surface area contributed by atoms with Crippen LogP contribution in [-0.2, 0) is 0 Å². The number of hydrogen-bond acceptors (Lipinski definition) is 1. The van der Waals surface area contributed by atoms with Crippen LogP contribution in [0.4, 0.5) is 0 Å². The molecule has 0 radical (unpaired) electrons. The molecule has 3 rings (SSSR count). The minimum absolute atomic E-state index is 0.220. The second kappa shape index (κ2) is 3.91. The van der Waals surface area contributed by atoms with E-state index in [1.165, 1.54) is 29.2 Å². The van der Waals surface area contributed by atoms with E-state index in [4.69, 9.17) is 5.73 Å². The largest absolute Gasteiger partial charge is 0.324 e. The van der Waals surface area contributed by atoms with Crippen molar-refractivity contribution in [3.63, 3.8) is 0 Å². The Kier molecular flexibility index (Phi) is 2.41. The Morgan fingerprint density at radius 1 is 1.06 bits per heavy atom. The van der Waals surface area contributed by atoms with Crippen molar-refractivity contribution in [2.45, 2.75) is 25.3 Å². The Balaban J connectivity index is 1.91. The molecule has 82 valence electrons. The average molecular weight is 211 g/mol. The summed E-state index contributed by atoms with van der Waals surface area (Å²) in [6, 6.07) is 15.3. The molecule has 1 unspecified atom stereocenters. The first-order valence-corrected chi connectivity index (χ1v) is 6.07. The van der Waals surface area contributed by atoms with Gasteiger partial charge in [-0.15, -0.1) is 0 Å². The van der Waals surface area contributed by atoms with Gasteiger partial charge in [0.25, 0.3) is 0 Å². The standard InChI is InChI=1S/C15H17N/c16-15(9-11-5-6-11)14-8-7-12-3-1-2-4-13(12)10-14/h1-4,7-8,10-11,15H,5-6,9,16H2. The molecule has 0 aromatic heterocycles. The van der Waals surface area contributed by atoms with Crippen LogP contribution in [0, 0.1) is 5.92 Å². The molecule has 2 aromatic carbocycles. The van der Waals surface area contributed by atoms with Crippen molar-refractivity contribution in [1.29, 1.82) is 0 Å². The van der Waals surface area contributed by atoms with Gasteiger partial charge in [0.05, 0.1) is 0 Å². The first-order chi connectivity index (χ1) is 7.83. The molecule has 0 saturated heterocycles. The molecule has 0 heterocycles. The van der Waals surface area contributed by atoms with Gasteiger partial charge < -0.3 is 5.73 Å². The summed E-state index contributed by atoms with van der Waals surface area (Å²) < 4.78 is 0. The molecule has 1 aliphatic rings.